The van der Waals surface area contributed by atoms with Crippen molar-refractivity contribution in [2.75, 3.05) is 0 Å². The summed E-state index contributed by atoms with van der Waals surface area (Å²) >= 11 is 0. The molecule has 1 fully saturated rings. The molecule has 0 unspecified atom stereocenters. The lowest BCUT2D eigenvalue weighted by Crippen LogP contribution is -2.18. The van der Waals surface area contributed by atoms with Gasteiger partial charge in [-0.1, -0.05) is 43.2 Å². The van der Waals surface area contributed by atoms with Crippen molar-refractivity contribution in [3.63, 3.8) is 0 Å². The zero-order valence-corrected chi connectivity index (χ0v) is 14.6. The molecule has 0 amide bonds. The van der Waals surface area contributed by atoms with Crippen LogP contribution in [-0.4, -0.2) is 10.8 Å². The summed E-state index contributed by atoms with van der Waals surface area (Å²) in [7, 11) is 0. The van der Waals surface area contributed by atoms with Crippen LogP contribution in [0.2, 0.25) is 0 Å². The lowest BCUT2D eigenvalue weighted by molar-refractivity contribution is 0.0941. The summed E-state index contributed by atoms with van der Waals surface area (Å²) in [4.78, 5) is 16.6. The average Bonchev–Trinajstić information content (AvgIpc) is 2.62. The Balaban J connectivity index is 1.43. The number of aryl methyl sites for hydroxylation is 2. The van der Waals surface area contributed by atoms with Crippen LogP contribution >= 0.6 is 0 Å². The molecule has 3 rings (SSSR count). The molecule has 0 saturated heterocycles. The van der Waals surface area contributed by atoms with Crippen LogP contribution in [0.4, 0.5) is 0 Å². The molecule has 1 aromatic carbocycles. The highest BCUT2D eigenvalue weighted by Crippen LogP contribution is 2.34. The Hall–Kier alpha value is -1.96. The number of hydrogen-bond donors (Lipinski definition) is 0. The molecule has 126 valence electrons. The molecule has 0 spiro atoms. The van der Waals surface area contributed by atoms with E-state index in [-0.39, 0.29) is 5.78 Å². The Morgan fingerprint density at radius 1 is 1.04 bits per heavy atom. The van der Waals surface area contributed by atoms with Crippen LogP contribution in [0.1, 0.15) is 60.0 Å². The van der Waals surface area contributed by atoms with Crippen molar-refractivity contribution in [3.05, 3.63) is 65.5 Å². The number of ketones is 1. The third-order valence-electron chi connectivity index (χ3n) is 5.32. The molecule has 1 saturated carbocycles. The monoisotopic (exact) mass is 321 g/mol. The molecule has 2 aromatic rings. The van der Waals surface area contributed by atoms with E-state index in [2.05, 4.69) is 35.3 Å². The highest BCUT2D eigenvalue weighted by atomic mass is 16.1. The van der Waals surface area contributed by atoms with Crippen LogP contribution in [0, 0.1) is 18.8 Å². The lowest BCUT2D eigenvalue weighted by Gasteiger charge is -2.28. The summed E-state index contributed by atoms with van der Waals surface area (Å²) in [6.45, 7) is 1.99. The molecule has 0 radical (unpaired) electrons. The minimum absolute atomic E-state index is 0.263. The number of hydrogen-bond acceptors (Lipinski definition) is 2. The first kappa shape index (κ1) is 16.9. The zero-order valence-electron chi connectivity index (χ0n) is 14.6. The highest BCUT2D eigenvalue weighted by molar-refractivity contribution is 5.96. The van der Waals surface area contributed by atoms with E-state index in [1.54, 1.807) is 12.4 Å². The fourth-order valence-electron chi connectivity index (χ4n) is 3.83. The van der Waals surface area contributed by atoms with Gasteiger partial charge in [0.05, 0.1) is 0 Å². The second kappa shape index (κ2) is 8.23. The van der Waals surface area contributed by atoms with E-state index < -0.39 is 0 Å². The van der Waals surface area contributed by atoms with Gasteiger partial charge >= 0.3 is 0 Å². The number of benzene rings is 1. The first-order valence-corrected chi connectivity index (χ1v) is 9.19. The number of carbonyl (C=O) groups is 1. The van der Waals surface area contributed by atoms with Crippen molar-refractivity contribution in [1.29, 1.82) is 0 Å². The number of rotatable bonds is 6. The molecule has 1 heterocycles. The van der Waals surface area contributed by atoms with Crippen molar-refractivity contribution >= 4 is 5.78 Å². The Morgan fingerprint density at radius 2 is 1.75 bits per heavy atom. The van der Waals surface area contributed by atoms with Gasteiger partial charge in [0, 0.05) is 24.4 Å². The van der Waals surface area contributed by atoms with Gasteiger partial charge in [-0.2, -0.15) is 0 Å². The highest BCUT2D eigenvalue weighted by Gasteiger charge is 2.23. The summed E-state index contributed by atoms with van der Waals surface area (Å²) in [5.74, 6) is 1.65. The Labute approximate surface area is 145 Å². The van der Waals surface area contributed by atoms with E-state index in [1.165, 1.54) is 44.1 Å². The van der Waals surface area contributed by atoms with Gasteiger partial charge in [0.15, 0.2) is 5.78 Å². The lowest BCUT2D eigenvalue weighted by atomic mass is 9.77. The number of Topliss-reactive ketones (excluding diaryl/α,β-unsaturated/α-hetero) is 1. The number of carbonyl (C=O) groups excluding carboxylic acids is 1. The molecule has 2 heteroatoms. The smallest absolute Gasteiger partial charge is 0.164 e. The van der Waals surface area contributed by atoms with Gasteiger partial charge in [-0.05, 0) is 61.6 Å². The van der Waals surface area contributed by atoms with E-state index in [0.717, 1.165) is 17.0 Å². The quantitative estimate of drug-likeness (QED) is 0.667. The van der Waals surface area contributed by atoms with Crippen LogP contribution < -0.4 is 0 Å². The molecular formula is C22H27NO. The Kier molecular flexibility index (Phi) is 5.79. The van der Waals surface area contributed by atoms with Crippen molar-refractivity contribution in [2.24, 2.45) is 11.8 Å². The van der Waals surface area contributed by atoms with Crippen molar-refractivity contribution < 1.29 is 4.79 Å². The molecule has 1 aliphatic carbocycles. The third kappa shape index (κ3) is 4.77. The van der Waals surface area contributed by atoms with Gasteiger partial charge in [-0.3, -0.25) is 9.78 Å². The normalized spacial score (nSPS) is 20.7. The maximum Gasteiger partial charge on any atom is 0.164 e. The van der Waals surface area contributed by atoms with Crippen LogP contribution in [0.25, 0.3) is 0 Å². The van der Waals surface area contributed by atoms with Gasteiger partial charge in [0.25, 0.3) is 0 Å². The molecule has 24 heavy (non-hydrogen) atoms. The molecule has 2 nitrogen and oxygen atoms in total. The molecule has 0 aliphatic heterocycles. The fraction of sp³-hybridized carbons (Fsp3) is 0.455. The van der Waals surface area contributed by atoms with Crippen LogP contribution in [-0.2, 0) is 6.42 Å². The van der Waals surface area contributed by atoms with Crippen molar-refractivity contribution in [2.45, 2.75) is 51.9 Å². The van der Waals surface area contributed by atoms with E-state index in [1.807, 2.05) is 13.0 Å². The average molecular weight is 321 g/mol. The minimum Gasteiger partial charge on any atom is -0.294 e. The first-order chi connectivity index (χ1) is 11.7. The largest absolute Gasteiger partial charge is 0.294 e. The molecule has 0 atom stereocenters. The van der Waals surface area contributed by atoms with Gasteiger partial charge < -0.3 is 0 Å². The Bertz CT molecular complexity index is 657. The van der Waals surface area contributed by atoms with Crippen molar-refractivity contribution in [1.82, 2.24) is 4.98 Å². The maximum absolute atomic E-state index is 12.4. The predicted octanol–water partition coefficient (Wildman–Crippen LogP) is 5.40. The minimum atomic E-state index is 0.263. The maximum atomic E-state index is 12.4. The van der Waals surface area contributed by atoms with E-state index in [0.29, 0.717) is 12.3 Å². The second-order valence-corrected chi connectivity index (χ2v) is 7.29. The molecule has 0 N–H and O–H groups in total. The molecule has 0 bridgehead atoms. The fourth-order valence-corrected chi connectivity index (χ4v) is 3.83. The summed E-state index contributed by atoms with van der Waals surface area (Å²) in [5.41, 5.74) is 3.29. The van der Waals surface area contributed by atoms with E-state index >= 15 is 0 Å². The SMILES string of the molecule is Cc1cncc(C(=O)CC2CCC(CCc3ccccc3)CC2)c1. The second-order valence-electron chi connectivity index (χ2n) is 7.29. The van der Waals surface area contributed by atoms with E-state index in [9.17, 15) is 4.79 Å². The van der Waals surface area contributed by atoms with Crippen molar-refractivity contribution in [3.8, 4) is 0 Å². The van der Waals surface area contributed by atoms with Gasteiger partial charge in [-0.15, -0.1) is 0 Å². The third-order valence-corrected chi connectivity index (χ3v) is 5.32. The molecular weight excluding hydrogens is 294 g/mol. The number of aromatic nitrogens is 1. The van der Waals surface area contributed by atoms with Crippen LogP contribution in [0.15, 0.2) is 48.8 Å². The Morgan fingerprint density at radius 3 is 2.46 bits per heavy atom. The van der Waals surface area contributed by atoms with Crippen LogP contribution in [0.5, 0.6) is 0 Å². The standard InChI is InChI=1S/C22H27NO/c1-17-13-21(16-23-15-17)22(24)14-20-11-9-19(10-12-20)8-7-18-5-3-2-4-6-18/h2-6,13,15-16,19-20H,7-12,14H2,1H3. The number of pyridine rings is 1. The van der Waals surface area contributed by atoms with E-state index in [4.69, 9.17) is 0 Å². The topological polar surface area (TPSA) is 30.0 Å². The number of nitrogens with zero attached hydrogens (tertiary/aromatic N) is 1. The zero-order chi connectivity index (χ0) is 16.8. The predicted molar refractivity (Wildman–Crippen MR) is 98.1 cm³/mol. The summed E-state index contributed by atoms with van der Waals surface area (Å²) in [6.07, 6.45) is 11.6. The molecule has 1 aliphatic rings. The van der Waals surface area contributed by atoms with Gasteiger partial charge in [0.1, 0.15) is 0 Å². The summed E-state index contributed by atoms with van der Waals surface area (Å²) in [6, 6.07) is 12.7. The summed E-state index contributed by atoms with van der Waals surface area (Å²) in [5, 5.41) is 0. The van der Waals surface area contributed by atoms with Gasteiger partial charge in [0.2, 0.25) is 0 Å². The first-order valence-electron chi connectivity index (χ1n) is 9.19. The van der Waals surface area contributed by atoms with Gasteiger partial charge in [-0.25, -0.2) is 0 Å². The summed E-state index contributed by atoms with van der Waals surface area (Å²) < 4.78 is 0. The molecule has 1 aromatic heterocycles. The van der Waals surface area contributed by atoms with Crippen LogP contribution in [0.3, 0.4) is 0 Å².